The average Bonchev–Trinajstić information content (AvgIpc) is 3.09. The number of nitrogens with zero attached hydrogens (tertiary/aromatic N) is 3. The second-order valence-electron chi connectivity index (χ2n) is 5.30. The van der Waals surface area contributed by atoms with Crippen LogP contribution in [0.5, 0.6) is 5.75 Å². The van der Waals surface area contributed by atoms with E-state index in [0.29, 0.717) is 25.7 Å². The van der Waals surface area contributed by atoms with E-state index >= 15 is 0 Å². The zero-order valence-corrected chi connectivity index (χ0v) is 16.0. The third-order valence-electron chi connectivity index (χ3n) is 3.51. The SMILES string of the molecule is COc1ccccc1Nc1nnc(Sc2ccc(C(C)=O)cc2[N+](=O)[O-])s1. The van der Waals surface area contributed by atoms with Crippen molar-refractivity contribution in [1.29, 1.82) is 0 Å². The monoisotopic (exact) mass is 402 g/mol. The molecular weight excluding hydrogens is 388 g/mol. The highest BCUT2D eigenvalue weighted by Gasteiger charge is 2.19. The zero-order valence-electron chi connectivity index (χ0n) is 14.3. The number of methoxy groups -OCH3 is 1. The number of benzene rings is 2. The topological polar surface area (TPSA) is 107 Å². The van der Waals surface area contributed by atoms with Gasteiger partial charge in [0.15, 0.2) is 10.1 Å². The Morgan fingerprint density at radius 3 is 2.74 bits per heavy atom. The second kappa shape index (κ2) is 8.14. The van der Waals surface area contributed by atoms with Crippen molar-refractivity contribution in [3.63, 3.8) is 0 Å². The van der Waals surface area contributed by atoms with Gasteiger partial charge in [-0.2, -0.15) is 0 Å². The Bertz CT molecular complexity index is 1010. The molecule has 1 heterocycles. The molecule has 0 aliphatic rings. The van der Waals surface area contributed by atoms with Crippen molar-refractivity contribution in [3.05, 3.63) is 58.1 Å². The van der Waals surface area contributed by atoms with Gasteiger partial charge in [-0.05, 0) is 43.0 Å². The van der Waals surface area contributed by atoms with Crippen LogP contribution in [0.15, 0.2) is 51.7 Å². The van der Waals surface area contributed by atoms with Crippen LogP contribution < -0.4 is 10.1 Å². The molecule has 0 aliphatic heterocycles. The first kappa shape index (κ1) is 18.8. The van der Waals surface area contributed by atoms with Crippen LogP contribution in [0.1, 0.15) is 17.3 Å². The summed E-state index contributed by atoms with van der Waals surface area (Å²) >= 11 is 2.38. The number of anilines is 2. The van der Waals surface area contributed by atoms with E-state index in [1.165, 1.54) is 24.3 Å². The van der Waals surface area contributed by atoms with Gasteiger partial charge < -0.3 is 10.1 Å². The van der Waals surface area contributed by atoms with Gasteiger partial charge in [0.2, 0.25) is 5.13 Å². The summed E-state index contributed by atoms with van der Waals surface area (Å²) < 4.78 is 5.81. The summed E-state index contributed by atoms with van der Waals surface area (Å²) in [6.45, 7) is 1.37. The molecule has 1 N–H and O–H groups in total. The van der Waals surface area contributed by atoms with Crippen molar-refractivity contribution in [2.24, 2.45) is 0 Å². The maximum absolute atomic E-state index is 11.5. The van der Waals surface area contributed by atoms with E-state index in [-0.39, 0.29) is 11.5 Å². The highest BCUT2D eigenvalue weighted by Crippen LogP contribution is 2.38. The quantitative estimate of drug-likeness (QED) is 0.348. The molecule has 0 fully saturated rings. The summed E-state index contributed by atoms with van der Waals surface area (Å²) in [5.41, 5.74) is 0.897. The molecule has 0 spiro atoms. The Hall–Kier alpha value is -2.98. The van der Waals surface area contributed by atoms with E-state index in [4.69, 9.17) is 4.74 Å². The fourth-order valence-corrected chi connectivity index (χ4v) is 4.03. The number of nitro groups is 1. The van der Waals surface area contributed by atoms with Gasteiger partial charge in [-0.1, -0.05) is 23.5 Å². The van der Waals surface area contributed by atoms with Crippen LogP contribution in [-0.2, 0) is 0 Å². The summed E-state index contributed by atoms with van der Waals surface area (Å²) in [4.78, 5) is 22.7. The summed E-state index contributed by atoms with van der Waals surface area (Å²) in [5, 5.41) is 23.1. The van der Waals surface area contributed by atoms with Crippen molar-refractivity contribution in [1.82, 2.24) is 10.2 Å². The number of hydrogen-bond donors (Lipinski definition) is 1. The molecule has 0 bridgehead atoms. The second-order valence-corrected chi connectivity index (χ2v) is 7.56. The van der Waals surface area contributed by atoms with Gasteiger partial charge in [-0.3, -0.25) is 14.9 Å². The molecule has 0 radical (unpaired) electrons. The number of nitrogens with one attached hydrogen (secondary N) is 1. The minimum Gasteiger partial charge on any atom is -0.495 e. The first-order valence-corrected chi connectivity index (χ1v) is 9.32. The third kappa shape index (κ3) is 4.41. The molecule has 1 aromatic heterocycles. The molecule has 8 nitrogen and oxygen atoms in total. The Balaban J connectivity index is 1.82. The summed E-state index contributed by atoms with van der Waals surface area (Å²) in [7, 11) is 1.58. The molecule has 0 unspecified atom stereocenters. The molecule has 0 aliphatic carbocycles. The predicted molar refractivity (Wildman–Crippen MR) is 103 cm³/mol. The van der Waals surface area contributed by atoms with Gasteiger partial charge in [-0.15, -0.1) is 10.2 Å². The van der Waals surface area contributed by atoms with Gasteiger partial charge >= 0.3 is 0 Å². The molecular formula is C17H14N4O4S2. The fraction of sp³-hybridized carbons (Fsp3) is 0.118. The lowest BCUT2D eigenvalue weighted by Crippen LogP contribution is -1.96. The van der Waals surface area contributed by atoms with Gasteiger partial charge in [0.05, 0.1) is 22.6 Å². The number of aromatic nitrogens is 2. The van der Waals surface area contributed by atoms with Crippen LogP contribution in [0.4, 0.5) is 16.5 Å². The highest BCUT2D eigenvalue weighted by molar-refractivity contribution is 8.01. The van der Waals surface area contributed by atoms with Crippen molar-refractivity contribution < 1.29 is 14.5 Å². The van der Waals surface area contributed by atoms with Gasteiger partial charge in [-0.25, -0.2) is 0 Å². The van der Waals surface area contributed by atoms with Gasteiger partial charge in [0.1, 0.15) is 5.75 Å². The molecule has 0 amide bonds. The highest BCUT2D eigenvalue weighted by atomic mass is 32.2. The number of ketones is 1. The van der Waals surface area contributed by atoms with E-state index in [1.54, 1.807) is 19.2 Å². The van der Waals surface area contributed by atoms with Crippen molar-refractivity contribution in [3.8, 4) is 5.75 Å². The molecule has 0 saturated heterocycles. The lowest BCUT2D eigenvalue weighted by molar-refractivity contribution is -0.387. The molecule has 0 atom stereocenters. The Morgan fingerprint density at radius 1 is 1.26 bits per heavy atom. The maximum Gasteiger partial charge on any atom is 0.284 e. The normalized spacial score (nSPS) is 10.4. The van der Waals surface area contributed by atoms with Gasteiger partial charge in [0, 0.05) is 11.6 Å². The first-order valence-electron chi connectivity index (χ1n) is 7.68. The van der Waals surface area contributed by atoms with Crippen molar-refractivity contribution >= 4 is 45.4 Å². The predicted octanol–water partition coefficient (Wildman–Crippen LogP) is 4.55. The van der Waals surface area contributed by atoms with Crippen LogP contribution >= 0.6 is 23.1 Å². The Morgan fingerprint density at radius 2 is 2.04 bits per heavy atom. The number of carbonyl (C=O) groups excluding carboxylic acids is 1. The van der Waals surface area contributed by atoms with Crippen LogP contribution in [0.2, 0.25) is 0 Å². The molecule has 138 valence electrons. The molecule has 10 heteroatoms. The maximum atomic E-state index is 11.5. The number of Topliss-reactive ketones (excluding diaryl/α,β-unsaturated/α-hetero) is 1. The minimum absolute atomic E-state index is 0.137. The smallest absolute Gasteiger partial charge is 0.284 e. The number of hydrogen-bond acceptors (Lipinski definition) is 9. The standard InChI is InChI=1S/C17H14N4O4S2/c1-10(22)11-7-8-15(13(9-11)21(23)24)26-17-20-19-16(27-17)18-12-5-3-4-6-14(12)25-2/h3-9H,1-2H3,(H,18,19). The average molecular weight is 402 g/mol. The number of rotatable bonds is 7. The molecule has 2 aromatic carbocycles. The Kier molecular flexibility index (Phi) is 5.67. The lowest BCUT2D eigenvalue weighted by atomic mass is 10.1. The number of nitro benzene ring substituents is 1. The summed E-state index contributed by atoms with van der Waals surface area (Å²) in [6, 6.07) is 11.8. The summed E-state index contributed by atoms with van der Waals surface area (Å²) in [6.07, 6.45) is 0. The molecule has 3 rings (SSSR count). The number of ether oxygens (including phenoxy) is 1. The van der Waals surface area contributed by atoms with E-state index in [2.05, 4.69) is 15.5 Å². The fourth-order valence-electron chi connectivity index (χ4n) is 2.22. The van der Waals surface area contributed by atoms with Crippen molar-refractivity contribution in [2.45, 2.75) is 16.2 Å². The van der Waals surface area contributed by atoms with Crippen LogP contribution in [0, 0.1) is 10.1 Å². The molecule has 0 saturated carbocycles. The van der Waals surface area contributed by atoms with E-state index in [0.717, 1.165) is 17.4 Å². The van der Waals surface area contributed by atoms with E-state index in [1.807, 2.05) is 24.3 Å². The Labute approximate surface area is 162 Å². The van der Waals surface area contributed by atoms with Crippen molar-refractivity contribution in [2.75, 3.05) is 12.4 Å². The largest absolute Gasteiger partial charge is 0.495 e. The van der Waals surface area contributed by atoms with Crippen LogP contribution in [0.3, 0.4) is 0 Å². The zero-order chi connectivity index (χ0) is 19.4. The van der Waals surface area contributed by atoms with E-state index < -0.39 is 4.92 Å². The molecule has 27 heavy (non-hydrogen) atoms. The first-order chi connectivity index (χ1) is 13.0. The van der Waals surface area contributed by atoms with Gasteiger partial charge in [0.25, 0.3) is 5.69 Å². The third-order valence-corrected chi connectivity index (χ3v) is 5.47. The van der Waals surface area contributed by atoms with E-state index in [9.17, 15) is 14.9 Å². The lowest BCUT2D eigenvalue weighted by Gasteiger charge is -2.07. The number of carbonyl (C=O) groups is 1. The summed E-state index contributed by atoms with van der Waals surface area (Å²) in [5.74, 6) is 0.436. The van der Waals surface area contributed by atoms with Crippen LogP contribution in [-0.4, -0.2) is 28.0 Å². The molecule has 3 aromatic rings. The number of para-hydroxylation sites is 2. The minimum atomic E-state index is -0.510. The van der Waals surface area contributed by atoms with Crippen LogP contribution in [0.25, 0.3) is 0 Å².